The van der Waals surface area contributed by atoms with Crippen molar-refractivity contribution < 1.29 is 9.21 Å². The molecule has 4 aromatic rings. The number of nitrogens with zero attached hydrogens (tertiary/aromatic N) is 4. The number of amides is 1. The van der Waals surface area contributed by atoms with Gasteiger partial charge in [0, 0.05) is 18.5 Å². The van der Waals surface area contributed by atoms with Gasteiger partial charge in [-0.1, -0.05) is 30.0 Å². The van der Waals surface area contributed by atoms with Crippen molar-refractivity contribution in [3.05, 3.63) is 54.4 Å². The standard InChI is InChI=1S/C19H17N5O2S/c1-12-10-16(24(2)23-12)21-17(25)11-27-19-13-6-3-4-7-14(13)20-18(22-19)15-8-5-9-26-15/h3-10H,11H2,1-2H3,(H,21,25). The van der Waals surface area contributed by atoms with Gasteiger partial charge in [0.15, 0.2) is 11.6 Å². The number of fused-ring (bicyclic) bond motifs is 1. The first-order chi connectivity index (χ1) is 13.1. The first-order valence-corrected chi connectivity index (χ1v) is 9.32. The first-order valence-electron chi connectivity index (χ1n) is 8.34. The minimum Gasteiger partial charge on any atom is -0.461 e. The number of nitrogens with one attached hydrogen (secondary N) is 1. The topological polar surface area (TPSA) is 85.8 Å². The maximum Gasteiger partial charge on any atom is 0.235 e. The van der Waals surface area contributed by atoms with Gasteiger partial charge < -0.3 is 9.73 Å². The van der Waals surface area contributed by atoms with Crippen LogP contribution in [0, 0.1) is 6.92 Å². The third kappa shape index (κ3) is 3.70. The highest BCUT2D eigenvalue weighted by molar-refractivity contribution is 8.00. The molecule has 0 aliphatic carbocycles. The molecule has 1 aromatic carbocycles. The molecule has 4 rings (SSSR count). The fourth-order valence-electron chi connectivity index (χ4n) is 2.71. The van der Waals surface area contributed by atoms with Crippen LogP contribution in [0.25, 0.3) is 22.5 Å². The van der Waals surface area contributed by atoms with Crippen LogP contribution in [-0.2, 0) is 11.8 Å². The van der Waals surface area contributed by atoms with Crippen LogP contribution >= 0.6 is 11.8 Å². The monoisotopic (exact) mass is 379 g/mol. The molecule has 0 saturated heterocycles. The summed E-state index contributed by atoms with van der Waals surface area (Å²) >= 11 is 1.37. The number of aromatic nitrogens is 4. The number of hydrogen-bond acceptors (Lipinski definition) is 6. The average molecular weight is 379 g/mol. The Hall–Kier alpha value is -3.13. The van der Waals surface area contributed by atoms with Gasteiger partial charge in [0.25, 0.3) is 0 Å². The van der Waals surface area contributed by atoms with E-state index in [4.69, 9.17) is 4.42 Å². The van der Waals surface area contributed by atoms with Crippen molar-refractivity contribution in [1.82, 2.24) is 19.7 Å². The van der Waals surface area contributed by atoms with Crippen LogP contribution in [0.5, 0.6) is 0 Å². The van der Waals surface area contributed by atoms with Gasteiger partial charge in [0.1, 0.15) is 10.8 Å². The van der Waals surface area contributed by atoms with Gasteiger partial charge in [-0.25, -0.2) is 9.97 Å². The molecule has 136 valence electrons. The molecule has 0 bridgehead atoms. The van der Waals surface area contributed by atoms with Crippen molar-refractivity contribution in [1.29, 1.82) is 0 Å². The second-order valence-electron chi connectivity index (χ2n) is 5.98. The fourth-order valence-corrected chi connectivity index (χ4v) is 3.53. The first kappa shape index (κ1) is 17.3. The third-order valence-electron chi connectivity index (χ3n) is 3.92. The lowest BCUT2D eigenvalue weighted by Crippen LogP contribution is -2.16. The second-order valence-corrected chi connectivity index (χ2v) is 6.94. The van der Waals surface area contributed by atoms with Crippen LogP contribution in [0.4, 0.5) is 5.82 Å². The van der Waals surface area contributed by atoms with Crippen molar-refractivity contribution in [3.8, 4) is 11.6 Å². The molecule has 0 spiro atoms. The van der Waals surface area contributed by atoms with E-state index in [1.165, 1.54) is 11.8 Å². The molecule has 3 aromatic heterocycles. The Morgan fingerprint density at radius 2 is 2.07 bits per heavy atom. The number of hydrogen-bond donors (Lipinski definition) is 1. The van der Waals surface area contributed by atoms with Gasteiger partial charge in [-0.05, 0) is 25.1 Å². The lowest BCUT2D eigenvalue weighted by molar-refractivity contribution is -0.113. The summed E-state index contributed by atoms with van der Waals surface area (Å²) in [7, 11) is 1.79. The minimum absolute atomic E-state index is 0.120. The Bertz CT molecular complexity index is 1100. The van der Waals surface area contributed by atoms with Gasteiger partial charge in [0.05, 0.1) is 23.2 Å². The Morgan fingerprint density at radius 3 is 2.81 bits per heavy atom. The van der Waals surface area contributed by atoms with Gasteiger partial charge in [-0.2, -0.15) is 5.10 Å². The summed E-state index contributed by atoms with van der Waals surface area (Å²) in [5.74, 6) is 1.87. The number of carbonyl (C=O) groups excluding carboxylic acids is 1. The highest BCUT2D eigenvalue weighted by Gasteiger charge is 2.14. The molecule has 1 amide bonds. The maximum absolute atomic E-state index is 12.4. The van der Waals surface area contributed by atoms with E-state index in [1.807, 2.05) is 43.3 Å². The van der Waals surface area contributed by atoms with Crippen LogP contribution < -0.4 is 5.32 Å². The molecule has 8 heteroatoms. The number of benzene rings is 1. The number of furan rings is 1. The van der Waals surface area contributed by atoms with Crippen LogP contribution in [0.1, 0.15) is 5.69 Å². The van der Waals surface area contributed by atoms with Crippen LogP contribution in [-0.4, -0.2) is 31.4 Å². The number of thioether (sulfide) groups is 1. The van der Waals surface area contributed by atoms with Gasteiger partial charge in [-0.3, -0.25) is 9.48 Å². The number of carbonyl (C=O) groups is 1. The quantitative estimate of drug-likeness (QED) is 0.421. The molecule has 1 N–H and O–H groups in total. The molecule has 0 aliphatic rings. The molecule has 3 heterocycles. The molecule has 0 atom stereocenters. The van der Waals surface area contributed by atoms with Crippen LogP contribution in [0.3, 0.4) is 0 Å². The van der Waals surface area contributed by atoms with E-state index in [-0.39, 0.29) is 11.7 Å². The number of aryl methyl sites for hydroxylation is 2. The summed E-state index contributed by atoms with van der Waals surface area (Å²) < 4.78 is 7.07. The molecular formula is C19H17N5O2S. The van der Waals surface area contributed by atoms with Gasteiger partial charge >= 0.3 is 0 Å². The summed E-state index contributed by atoms with van der Waals surface area (Å²) in [6, 6.07) is 13.2. The average Bonchev–Trinajstić information content (AvgIpc) is 3.29. The molecule has 0 unspecified atom stereocenters. The largest absolute Gasteiger partial charge is 0.461 e. The lowest BCUT2D eigenvalue weighted by Gasteiger charge is -2.08. The lowest BCUT2D eigenvalue weighted by atomic mass is 10.2. The molecule has 0 radical (unpaired) electrons. The van der Waals surface area contributed by atoms with E-state index in [0.29, 0.717) is 17.4 Å². The second kappa shape index (κ2) is 7.24. The molecule has 0 fully saturated rings. The highest BCUT2D eigenvalue weighted by Crippen LogP contribution is 2.28. The van der Waals surface area contributed by atoms with Crippen molar-refractivity contribution in [2.24, 2.45) is 7.05 Å². The Balaban J connectivity index is 1.57. The molecule has 27 heavy (non-hydrogen) atoms. The smallest absolute Gasteiger partial charge is 0.235 e. The van der Waals surface area contributed by atoms with E-state index >= 15 is 0 Å². The SMILES string of the molecule is Cc1cc(NC(=O)CSc2nc(-c3ccco3)nc3ccccc23)n(C)n1. The Morgan fingerprint density at radius 1 is 1.22 bits per heavy atom. The Labute approximate surface area is 159 Å². The summed E-state index contributed by atoms with van der Waals surface area (Å²) in [5, 5.41) is 8.74. The van der Waals surface area contributed by atoms with Crippen molar-refractivity contribution in [2.75, 3.05) is 11.1 Å². The molecular weight excluding hydrogens is 362 g/mol. The van der Waals surface area contributed by atoms with E-state index < -0.39 is 0 Å². The predicted octanol–water partition coefficient (Wildman–Crippen LogP) is 3.66. The summed E-state index contributed by atoms with van der Waals surface area (Å²) in [5.41, 5.74) is 1.66. The zero-order chi connectivity index (χ0) is 18.8. The summed E-state index contributed by atoms with van der Waals surface area (Å²) in [6.07, 6.45) is 1.59. The number of anilines is 1. The van der Waals surface area contributed by atoms with Gasteiger partial charge in [0.2, 0.25) is 5.91 Å². The van der Waals surface area contributed by atoms with E-state index in [2.05, 4.69) is 20.4 Å². The van der Waals surface area contributed by atoms with Crippen LogP contribution in [0.15, 0.2) is 58.2 Å². The van der Waals surface area contributed by atoms with Crippen molar-refractivity contribution in [3.63, 3.8) is 0 Å². The number of para-hydroxylation sites is 1. The van der Waals surface area contributed by atoms with Gasteiger partial charge in [-0.15, -0.1) is 0 Å². The molecule has 7 nitrogen and oxygen atoms in total. The predicted molar refractivity (Wildman–Crippen MR) is 105 cm³/mol. The fraction of sp³-hybridized carbons (Fsp3) is 0.158. The zero-order valence-electron chi connectivity index (χ0n) is 14.8. The highest BCUT2D eigenvalue weighted by atomic mass is 32.2. The normalized spacial score (nSPS) is 11.0. The third-order valence-corrected chi connectivity index (χ3v) is 4.91. The van der Waals surface area contributed by atoms with E-state index in [1.54, 1.807) is 24.1 Å². The van der Waals surface area contributed by atoms with E-state index in [9.17, 15) is 4.79 Å². The molecule has 0 aliphatic heterocycles. The zero-order valence-corrected chi connectivity index (χ0v) is 15.7. The molecule has 0 saturated carbocycles. The minimum atomic E-state index is -0.120. The number of rotatable bonds is 5. The Kier molecular flexibility index (Phi) is 4.64. The van der Waals surface area contributed by atoms with Crippen molar-refractivity contribution in [2.45, 2.75) is 11.9 Å². The van der Waals surface area contributed by atoms with Crippen molar-refractivity contribution >= 4 is 34.4 Å². The van der Waals surface area contributed by atoms with Crippen LogP contribution in [0.2, 0.25) is 0 Å². The summed E-state index contributed by atoms with van der Waals surface area (Å²) in [4.78, 5) is 21.5. The van der Waals surface area contributed by atoms with E-state index in [0.717, 1.165) is 21.6 Å². The summed E-state index contributed by atoms with van der Waals surface area (Å²) in [6.45, 7) is 1.88. The maximum atomic E-state index is 12.4.